The summed E-state index contributed by atoms with van der Waals surface area (Å²) in [4.78, 5) is 8.61. The maximum atomic E-state index is 6.36. The molecule has 1 aromatic heterocycles. The van der Waals surface area contributed by atoms with E-state index in [9.17, 15) is 0 Å². The van der Waals surface area contributed by atoms with E-state index in [1.807, 2.05) is 0 Å². The molecule has 1 unspecified atom stereocenters. The number of hydrogen-bond donors (Lipinski definition) is 1. The molecule has 19 heavy (non-hydrogen) atoms. The van der Waals surface area contributed by atoms with Crippen LogP contribution in [0.1, 0.15) is 51.3 Å². The van der Waals surface area contributed by atoms with Crippen molar-refractivity contribution in [2.75, 3.05) is 14.2 Å². The summed E-state index contributed by atoms with van der Waals surface area (Å²) in [5.41, 5.74) is 7.07. The third-order valence-electron chi connectivity index (χ3n) is 3.29. The van der Waals surface area contributed by atoms with Crippen molar-refractivity contribution in [3.8, 4) is 11.8 Å². The van der Waals surface area contributed by atoms with Gasteiger partial charge in [-0.05, 0) is 18.8 Å². The second kappa shape index (κ2) is 7.94. The van der Waals surface area contributed by atoms with E-state index in [-0.39, 0.29) is 6.04 Å². The van der Waals surface area contributed by atoms with Crippen LogP contribution in [-0.2, 0) is 0 Å². The molecule has 0 aromatic carbocycles. The SMILES string of the molecule is CCCC(CCC)C(N)c1ncc(OC)nc1OC. The lowest BCUT2D eigenvalue weighted by Crippen LogP contribution is -2.23. The van der Waals surface area contributed by atoms with Gasteiger partial charge in [0.1, 0.15) is 5.69 Å². The zero-order chi connectivity index (χ0) is 14.3. The highest BCUT2D eigenvalue weighted by atomic mass is 16.5. The van der Waals surface area contributed by atoms with Gasteiger partial charge in [0.25, 0.3) is 0 Å². The lowest BCUT2D eigenvalue weighted by molar-refractivity contribution is 0.325. The van der Waals surface area contributed by atoms with E-state index in [0.717, 1.165) is 31.4 Å². The van der Waals surface area contributed by atoms with Crippen LogP contribution in [-0.4, -0.2) is 24.2 Å². The summed E-state index contributed by atoms with van der Waals surface area (Å²) in [6.45, 7) is 4.35. The molecule has 0 saturated heterocycles. The predicted octanol–water partition coefficient (Wildman–Crippen LogP) is 2.71. The molecule has 5 nitrogen and oxygen atoms in total. The molecular weight excluding hydrogens is 242 g/mol. The van der Waals surface area contributed by atoms with Crippen molar-refractivity contribution in [3.63, 3.8) is 0 Å². The van der Waals surface area contributed by atoms with Gasteiger partial charge in [0.05, 0.1) is 26.5 Å². The number of aromatic nitrogens is 2. The highest BCUT2D eigenvalue weighted by Gasteiger charge is 2.23. The first kappa shape index (κ1) is 15.7. The molecule has 0 fully saturated rings. The quantitative estimate of drug-likeness (QED) is 0.784. The summed E-state index contributed by atoms with van der Waals surface area (Å²) in [6.07, 6.45) is 6.00. The highest BCUT2D eigenvalue weighted by molar-refractivity contribution is 5.25. The molecule has 0 aliphatic heterocycles. The average Bonchev–Trinajstić information content (AvgIpc) is 2.45. The molecule has 0 spiro atoms. The summed E-state index contributed by atoms with van der Waals surface area (Å²) in [5, 5.41) is 0. The average molecular weight is 267 g/mol. The molecule has 0 aliphatic rings. The van der Waals surface area contributed by atoms with Gasteiger partial charge in [-0.2, -0.15) is 4.98 Å². The first-order chi connectivity index (χ1) is 9.17. The first-order valence-corrected chi connectivity index (χ1v) is 6.88. The molecule has 108 valence electrons. The molecule has 1 rings (SSSR count). The van der Waals surface area contributed by atoms with Gasteiger partial charge in [-0.1, -0.05) is 26.7 Å². The third-order valence-corrected chi connectivity index (χ3v) is 3.29. The molecule has 5 heteroatoms. The lowest BCUT2D eigenvalue weighted by atomic mass is 9.89. The van der Waals surface area contributed by atoms with Crippen molar-refractivity contribution in [2.24, 2.45) is 11.7 Å². The minimum Gasteiger partial charge on any atom is -0.480 e. The van der Waals surface area contributed by atoms with Crippen molar-refractivity contribution < 1.29 is 9.47 Å². The Hall–Kier alpha value is -1.36. The van der Waals surface area contributed by atoms with Crippen LogP contribution in [0, 0.1) is 5.92 Å². The monoisotopic (exact) mass is 267 g/mol. The molecule has 1 heterocycles. The van der Waals surface area contributed by atoms with Crippen LogP contribution < -0.4 is 15.2 Å². The van der Waals surface area contributed by atoms with Crippen LogP contribution in [0.25, 0.3) is 0 Å². The van der Waals surface area contributed by atoms with Gasteiger partial charge in [-0.15, -0.1) is 0 Å². The Balaban J connectivity index is 2.98. The van der Waals surface area contributed by atoms with Gasteiger partial charge in [0.2, 0.25) is 11.8 Å². The van der Waals surface area contributed by atoms with E-state index in [0.29, 0.717) is 17.7 Å². The van der Waals surface area contributed by atoms with Gasteiger partial charge in [0.15, 0.2) is 0 Å². The number of rotatable bonds is 8. The third kappa shape index (κ3) is 4.06. The van der Waals surface area contributed by atoms with Gasteiger partial charge >= 0.3 is 0 Å². The topological polar surface area (TPSA) is 70.3 Å². The summed E-state index contributed by atoms with van der Waals surface area (Å²) in [5.74, 6) is 1.31. The van der Waals surface area contributed by atoms with E-state index >= 15 is 0 Å². The molecule has 0 amide bonds. The Morgan fingerprint density at radius 3 is 2.26 bits per heavy atom. The largest absolute Gasteiger partial charge is 0.480 e. The minimum absolute atomic E-state index is 0.145. The van der Waals surface area contributed by atoms with E-state index in [1.54, 1.807) is 20.4 Å². The molecular formula is C14H25N3O2. The van der Waals surface area contributed by atoms with Crippen molar-refractivity contribution >= 4 is 0 Å². The van der Waals surface area contributed by atoms with E-state index < -0.39 is 0 Å². The predicted molar refractivity (Wildman–Crippen MR) is 75.4 cm³/mol. The molecule has 1 atom stereocenters. The summed E-state index contributed by atoms with van der Waals surface area (Å²) in [6, 6.07) is -0.145. The molecule has 0 saturated carbocycles. The standard InChI is InChI=1S/C14H25N3O2/c1-5-7-10(8-6-2)12(15)13-14(19-4)17-11(18-3)9-16-13/h9-10,12H,5-8,15H2,1-4H3. The Kier molecular flexibility index (Phi) is 6.56. The van der Waals surface area contributed by atoms with Crippen molar-refractivity contribution in [3.05, 3.63) is 11.9 Å². The Labute approximate surface area is 115 Å². The van der Waals surface area contributed by atoms with Gasteiger partial charge in [0, 0.05) is 0 Å². The zero-order valence-corrected chi connectivity index (χ0v) is 12.3. The number of methoxy groups -OCH3 is 2. The van der Waals surface area contributed by atoms with E-state index in [2.05, 4.69) is 23.8 Å². The number of hydrogen-bond acceptors (Lipinski definition) is 5. The van der Waals surface area contributed by atoms with Crippen LogP contribution in [0.2, 0.25) is 0 Å². The highest BCUT2D eigenvalue weighted by Crippen LogP contribution is 2.31. The normalized spacial score (nSPS) is 12.5. The van der Waals surface area contributed by atoms with Crippen molar-refractivity contribution in [2.45, 2.75) is 45.6 Å². The van der Waals surface area contributed by atoms with Crippen molar-refractivity contribution in [1.29, 1.82) is 0 Å². The first-order valence-electron chi connectivity index (χ1n) is 6.88. The summed E-state index contributed by atoms with van der Waals surface area (Å²) < 4.78 is 10.3. The second-order valence-electron chi connectivity index (χ2n) is 4.67. The lowest BCUT2D eigenvalue weighted by Gasteiger charge is -2.23. The fourth-order valence-electron chi connectivity index (χ4n) is 2.31. The summed E-state index contributed by atoms with van der Waals surface area (Å²) >= 11 is 0. The Morgan fingerprint density at radius 2 is 1.79 bits per heavy atom. The molecule has 2 N–H and O–H groups in total. The Bertz CT molecular complexity index is 379. The molecule has 0 bridgehead atoms. The van der Waals surface area contributed by atoms with Crippen LogP contribution in [0.5, 0.6) is 11.8 Å². The Morgan fingerprint density at radius 1 is 1.16 bits per heavy atom. The van der Waals surface area contributed by atoms with Crippen LogP contribution in [0.4, 0.5) is 0 Å². The second-order valence-corrected chi connectivity index (χ2v) is 4.67. The smallest absolute Gasteiger partial charge is 0.240 e. The molecule has 1 aromatic rings. The van der Waals surface area contributed by atoms with Crippen LogP contribution >= 0.6 is 0 Å². The maximum absolute atomic E-state index is 6.36. The summed E-state index contributed by atoms with van der Waals surface area (Å²) in [7, 11) is 3.13. The fourth-order valence-corrected chi connectivity index (χ4v) is 2.31. The van der Waals surface area contributed by atoms with Crippen molar-refractivity contribution in [1.82, 2.24) is 9.97 Å². The molecule has 0 radical (unpaired) electrons. The van der Waals surface area contributed by atoms with Gasteiger partial charge in [-0.3, -0.25) is 0 Å². The van der Waals surface area contributed by atoms with E-state index in [1.165, 1.54) is 0 Å². The van der Waals surface area contributed by atoms with Crippen LogP contribution in [0.15, 0.2) is 6.20 Å². The minimum atomic E-state index is -0.145. The van der Waals surface area contributed by atoms with Gasteiger partial charge in [-0.25, -0.2) is 4.98 Å². The van der Waals surface area contributed by atoms with Gasteiger partial charge < -0.3 is 15.2 Å². The number of ether oxygens (including phenoxy) is 2. The number of nitrogens with two attached hydrogens (primary N) is 1. The molecule has 0 aliphatic carbocycles. The number of nitrogens with zero attached hydrogens (tertiary/aromatic N) is 2. The fraction of sp³-hybridized carbons (Fsp3) is 0.714. The van der Waals surface area contributed by atoms with E-state index in [4.69, 9.17) is 15.2 Å². The maximum Gasteiger partial charge on any atom is 0.240 e. The zero-order valence-electron chi connectivity index (χ0n) is 12.3. The van der Waals surface area contributed by atoms with Crippen LogP contribution in [0.3, 0.4) is 0 Å².